The number of carbonyl (C=O) groups excluding carboxylic acids is 2. The van der Waals surface area contributed by atoms with Gasteiger partial charge in [-0.25, -0.2) is 0 Å². The molecule has 0 aromatic carbocycles. The van der Waals surface area contributed by atoms with Gasteiger partial charge in [0.2, 0.25) is 0 Å². The molecule has 0 bridgehead atoms. The summed E-state index contributed by atoms with van der Waals surface area (Å²) >= 11 is 0. The number of hydrogen-bond donors (Lipinski definition) is 2. The van der Waals surface area contributed by atoms with E-state index in [1.54, 1.807) is 0 Å². The van der Waals surface area contributed by atoms with Crippen molar-refractivity contribution in [3.8, 4) is 0 Å². The molecule has 0 aliphatic carbocycles. The second-order valence-electron chi connectivity index (χ2n) is 2.79. The van der Waals surface area contributed by atoms with Gasteiger partial charge in [0.15, 0.2) is 11.6 Å². The number of rotatable bonds is 2. The van der Waals surface area contributed by atoms with E-state index in [9.17, 15) is 9.59 Å². The minimum absolute atomic E-state index is 0. The number of hydrogen-bond acceptors (Lipinski definition) is 4. The van der Waals surface area contributed by atoms with Crippen LogP contribution in [-0.2, 0) is 9.59 Å². The van der Waals surface area contributed by atoms with Crippen molar-refractivity contribution in [3.05, 3.63) is 23.7 Å². The summed E-state index contributed by atoms with van der Waals surface area (Å²) in [6.07, 6.45) is 2.33. The molecular weight excluding hydrogens is 299 g/mol. The Hall–Kier alpha value is -0.710. The zero-order valence-corrected chi connectivity index (χ0v) is 8.87. The van der Waals surface area contributed by atoms with Crippen LogP contribution in [0.4, 0.5) is 0 Å². The van der Waals surface area contributed by atoms with Gasteiger partial charge in [-0.05, 0) is 27.7 Å². The summed E-state index contributed by atoms with van der Waals surface area (Å²) in [5.41, 5.74) is 0. The van der Waals surface area contributed by atoms with Crippen molar-refractivity contribution in [2.45, 2.75) is 27.7 Å². The van der Waals surface area contributed by atoms with Gasteiger partial charge < -0.3 is 10.2 Å². The monoisotopic (exact) mass is 318 g/mol. The van der Waals surface area contributed by atoms with Gasteiger partial charge in [-0.1, -0.05) is 0 Å². The molecule has 4 nitrogen and oxygen atoms in total. The second-order valence-corrected chi connectivity index (χ2v) is 2.79. The average Bonchev–Trinajstić information content (AvgIpc) is 1.79. The van der Waals surface area contributed by atoms with Gasteiger partial charge in [-0.15, -0.1) is 0 Å². The average molecular weight is 318 g/mol. The summed E-state index contributed by atoms with van der Waals surface area (Å²) in [6.45, 7) is 5.70. The Morgan fingerprint density at radius 3 is 1.00 bits per heavy atom. The quantitative estimate of drug-likeness (QED) is 0.586. The Kier molecular flexibility index (Phi) is 15.0. The Labute approximate surface area is 108 Å². The molecule has 0 rings (SSSR count). The summed E-state index contributed by atoms with van der Waals surface area (Å²) in [7, 11) is 0. The Morgan fingerprint density at radius 1 is 0.800 bits per heavy atom. The van der Waals surface area contributed by atoms with Crippen molar-refractivity contribution in [1.82, 2.24) is 0 Å². The summed E-state index contributed by atoms with van der Waals surface area (Å²) in [5.74, 6) is -0.125. The second kappa shape index (κ2) is 11.4. The Morgan fingerprint density at radius 2 is 1.00 bits per heavy atom. The molecule has 0 fully saturated rings. The standard InChI is InChI=1S/2C5H8O2.In.3H/c2*1-4(6)3-5(2)7;;;;/h2*3,6H,1-2H3;;;;/b2*4-3-;;;;. The fourth-order valence-corrected chi connectivity index (χ4v) is 0.588. The topological polar surface area (TPSA) is 74.6 Å². The summed E-state index contributed by atoms with van der Waals surface area (Å²) in [4.78, 5) is 20.0. The van der Waals surface area contributed by atoms with Crippen molar-refractivity contribution in [3.63, 3.8) is 0 Å². The van der Waals surface area contributed by atoms with Crippen LogP contribution < -0.4 is 0 Å². The molecule has 2 N–H and O–H groups in total. The molecule has 0 aromatic heterocycles. The SMILES string of the molecule is CC(=O)/C=C(/C)O.CC(=O)/C=C(/C)O.[InH3]. The number of carbonyl (C=O) groups is 2. The molecule has 86 valence electrons. The molecule has 0 aliphatic heterocycles. The predicted molar refractivity (Wildman–Crippen MR) is 64.1 cm³/mol. The van der Waals surface area contributed by atoms with E-state index in [2.05, 4.69) is 0 Å². The van der Waals surface area contributed by atoms with Gasteiger partial charge in [0.1, 0.15) is 0 Å². The molecule has 0 saturated carbocycles. The third-order valence-corrected chi connectivity index (χ3v) is 0.824. The van der Waals surface area contributed by atoms with Crippen LogP contribution in [0.1, 0.15) is 27.7 Å². The van der Waals surface area contributed by atoms with Crippen LogP contribution in [0.2, 0.25) is 0 Å². The van der Waals surface area contributed by atoms with E-state index in [0.29, 0.717) is 0 Å². The first-order valence-electron chi connectivity index (χ1n) is 4.01. The van der Waals surface area contributed by atoms with Crippen LogP contribution >= 0.6 is 0 Å². The normalized spacial score (nSPS) is 10.7. The maximum absolute atomic E-state index is 10.0. The van der Waals surface area contributed by atoms with Crippen molar-refractivity contribution >= 4 is 37.4 Å². The van der Waals surface area contributed by atoms with E-state index in [1.165, 1.54) is 39.8 Å². The summed E-state index contributed by atoms with van der Waals surface area (Å²) in [6, 6.07) is 0. The Balaban J connectivity index is -0.000000180. The van der Waals surface area contributed by atoms with Gasteiger partial charge in [0.25, 0.3) is 0 Å². The number of aliphatic hydroxyl groups excluding tert-OH is 2. The van der Waals surface area contributed by atoms with Crippen LogP contribution in [-0.4, -0.2) is 47.6 Å². The van der Waals surface area contributed by atoms with E-state index in [0.717, 1.165) is 0 Å². The molecule has 0 radical (unpaired) electrons. The van der Waals surface area contributed by atoms with E-state index in [4.69, 9.17) is 10.2 Å². The molecule has 5 heteroatoms. The van der Waals surface area contributed by atoms with Crippen LogP contribution in [0.25, 0.3) is 0 Å². The zero-order chi connectivity index (χ0) is 11.7. The van der Waals surface area contributed by atoms with E-state index in [1.807, 2.05) is 0 Å². The summed E-state index contributed by atoms with van der Waals surface area (Å²) < 4.78 is 0. The van der Waals surface area contributed by atoms with Gasteiger partial charge in [-0.3, -0.25) is 9.59 Å². The van der Waals surface area contributed by atoms with Crippen LogP contribution in [0.5, 0.6) is 0 Å². The fourth-order valence-electron chi connectivity index (χ4n) is 0.588. The molecule has 15 heavy (non-hydrogen) atoms. The molecule has 0 aliphatic rings. The molecular formula is C10H19InO4. The Bertz CT molecular complexity index is 231. The van der Waals surface area contributed by atoms with Crippen molar-refractivity contribution in [1.29, 1.82) is 0 Å². The fraction of sp³-hybridized carbons (Fsp3) is 0.400. The number of allylic oxidation sites excluding steroid dienone is 4. The number of ketones is 2. The van der Waals surface area contributed by atoms with Crippen LogP contribution in [0.15, 0.2) is 23.7 Å². The first-order valence-corrected chi connectivity index (χ1v) is 4.01. The van der Waals surface area contributed by atoms with Gasteiger partial charge in [-0.2, -0.15) is 0 Å². The molecule has 0 unspecified atom stereocenters. The van der Waals surface area contributed by atoms with Crippen LogP contribution in [0, 0.1) is 0 Å². The number of aliphatic hydroxyl groups is 2. The first kappa shape index (κ1) is 19.8. The van der Waals surface area contributed by atoms with Gasteiger partial charge in [0, 0.05) is 12.2 Å². The third-order valence-electron chi connectivity index (χ3n) is 0.824. The van der Waals surface area contributed by atoms with Crippen molar-refractivity contribution in [2.24, 2.45) is 0 Å². The van der Waals surface area contributed by atoms with Gasteiger partial charge in [0.05, 0.1) is 11.5 Å². The molecule has 0 aromatic rings. The van der Waals surface area contributed by atoms with E-state index >= 15 is 0 Å². The molecule has 0 spiro atoms. The van der Waals surface area contributed by atoms with Crippen molar-refractivity contribution in [2.75, 3.05) is 0 Å². The molecule has 0 saturated heterocycles. The van der Waals surface area contributed by atoms with E-state index in [-0.39, 0.29) is 48.9 Å². The van der Waals surface area contributed by atoms with Gasteiger partial charge >= 0.3 is 25.8 Å². The predicted octanol–water partition coefficient (Wildman–Crippen LogP) is 0.890. The molecule has 0 atom stereocenters. The van der Waals surface area contributed by atoms with Crippen LogP contribution in [0.3, 0.4) is 0 Å². The zero-order valence-electron chi connectivity index (χ0n) is 8.87. The third kappa shape index (κ3) is 31.9. The molecule has 0 amide bonds. The van der Waals surface area contributed by atoms with E-state index < -0.39 is 0 Å². The summed E-state index contributed by atoms with van der Waals surface area (Å²) in [5, 5.41) is 16.7. The minimum atomic E-state index is -0.125. The maximum atomic E-state index is 10.0. The van der Waals surface area contributed by atoms with Crippen molar-refractivity contribution < 1.29 is 19.8 Å². The molecule has 0 heterocycles. The first-order chi connectivity index (χ1) is 6.25.